The summed E-state index contributed by atoms with van der Waals surface area (Å²) in [5.74, 6) is 7.85. The van der Waals surface area contributed by atoms with E-state index in [1.165, 1.54) is 6.42 Å². The van der Waals surface area contributed by atoms with Gasteiger partial charge in [0.25, 0.3) is 0 Å². The summed E-state index contributed by atoms with van der Waals surface area (Å²) in [4.78, 5) is 14.9. The van der Waals surface area contributed by atoms with Crippen LogP contribution in [0.5, 0.6) is 5.75 Å². The number of pyridine rings is 1. The van der Waals surface area contributed by atoms with E-state index in [1.807, 2.05) is 18.2 Å². The lowest BCUT2D eigenvalue weighted by Gasteiger charge is -2.11. The van der Waals surface area contributed by atoms with Gasteiger partial charge in [-0.1, -0.05) is 35.0 Å². The van der Waals surface area contributed by atoms with Crippen molar-refractivity contribution < 1.29 is 4.74 Å². The maximum atomic E-state index is 6.45. The summed E-state index contributed by atoms with van der Waals surface area (Å²) in [6.07, 6.45) is 5.47. The number of thiophene rings is 1. The van der Waals surface area contributed by atoms with Gasteiger partial charge in [0.05, 0.1) is 27.0 Å². The molecule has 6 nitrogen and oxygen atoms in total. The zero-order valence-corrected chi connectivity index (χ0v) is 19.8. The molecule has 0 saturated carbocycles. The normalized spacial score (nSPS) is 15.3. The van der Waals surface area contributed by atoms with E-state index in [0.717, 1.165) is 39.4 Å². The third-order valence-electron chi connectivity index (χ3n) is 5.11. The summed E-state index contributed by atoms with van der Waals surface area (Å²) >= 11 is 14.0. The highest BCUT2D eigenvalue weighted by molar-refractivity contribution is 7.19. The Bertz CT molecular complexity index is 1360. The molecule has 1 aliphatic heterocycles. The molecule has 0 bridgehead atoms. The molecule has 0 radical (unpaired) electrons. The number of aromatic nitrogens is 3. The van der Waals surface area contributed by atoms with Crippen LogP contribution in [0.15, 0.2) is 48.9 Å². The molecule has 1 aliphatic rings. The van der Waals surface area contributed by atoms with Crippen molar-refractivity contribution in [1.29, 1.82) is 0 Å². The van der Waals surface area contributed by atoms with E-state index in [1.54, 1.807) is 42.1 Å². The number of rotatable bonds is 5. The van der Waals surface area contributed by atoms with Crippen molar-refractivity contribution in [1.82, 2.24) is 20.3 Å². The van der Waals surface area contributed by atoms with Crippen molar-refractivity contribution >= 4 is 56.3 Å². The molecular weight excluding hydrogens is 477 g/mol. The molecule has 9 heteroatoms. The Morgan fingerprint density at radius 1 is 1.15 bits per heavy atom. The number of halogens is 2. The van der Waals surface area contributed by atoms with Gasteiger partial charge in [-0.2, -0.15) is 0 Å². The van der Waals surface area contributed by atoms with Crippen molar-refractivity contribution in [2.45, 2.75) is 25.5 Å². The number of ether oxygens (including phenoxy) is 1. The van der Waals surface area contributed by atoms with E-state index in [2.05, 4.69) is 37.4 Å². The second-order valence-electron chi connectivity index (χ2n) is 7.49. The largest absolute Gasteiger partial charge is 0.486 e. The van der Waals surface area contributed by atoms with E-state index in [-0.39, 0.29) is 12.6 Å². The molecule has 4 aromatic rings. The van der Waals surface area contributed by atoms with Crippen molar-refractivity contribution in [3.8, 4) is 17.6 Å². The number of benzene rings is 1. The number of hydrogen-bond donors (Lipinski definition) is 2. The summed E-state index contributed by atoms with van der Waals surface area (Å²) in [5, 5.41) is 8.75. The number of hydrogen-bond acceptors (Lipinski definition) is 7. The first-order valence-electron chi connectivity index (χ1n) is 10.4. The fraction of sp³-hybridized carbons (Fsp3) is 0.208. The fourth-order valence-electron chi connectivity index (χ4n) is 3.49. The maximum absolute atomic E-state index is 6.45. The topological polar surface area (TPSA) is 72.0 Å². The Balaban J connectivity index is 1.31. The lowest BCUT2D eigenvalue weighted by atomic mass is 10.2. The molecule has 4 heterocycles. The predicted octanol–water partition coefficient (Wildman–Crippen LogP) is 5.82. The van der Waals surface area contributed by atoms with Crippen LogP contribution in [0, 0.1) is 11.8 Å². The SMILES string of the molecule is Clc1ccnc(COc2ccc(Nc3ncnc4sc(C#C[C@H]5CCCN5)cc34)cc2Cl)c1. The van der Waals surface area contributed by atoms with Gasteiger partial charge < -0.3 is 15.4 Å². The van der Waals surface area contributed by atoms with Crippen LogP contribution in [0.4, 0.5) is 11.5 Å². The lowest BCUT2D eigenvalue weighted by molar-refractivity contribution is 0.301. The van der Waals surface area contributed by atoms with E-state index in [9.17, 15) is 0 Å². The van der Waals surface area contributed by atoms with Crippen molar-refractivity contribution in [2.24, 2.45) is 0 Å². The summed E-state index contributed by atoms with van der Waals surface area (Å²) in [7, 11) is 0. The summed E-state index contributed by atoms with van der Waals surface area (Å²) in [6.45, 7) is 1.31. The zero-order chi connectivity index (χ0) is 22.6. The predicted molar refractivity (Wildman–Crippen MR) is 134 cm³/mol. The van der Waals surface area contributed by atoms with Crippen LogP contribution in [-0.4, -0.2) is 27.5 Å². The van der Waals surface area contributed by atoms with Crippen LogP contribution < -0.4 is 15.4 Å². The summed E-state index contributed by atoms with van der Waals surface area (Å²) in [6, 6.07) is 11.3. The smallest absolute Gasteiger partial charge is 0.142 e. The molecule has 3 aromatic heterocycles. The van der Waals surface area contributed by atoms with Crippen LogP contribution in [0.1, 0.15) is 23.4 Å². The molecule has 33 heavy (non-hydrogen) atoms. The van der Waals surface area contributed by atoms with Gasteiger partial charge in [-0.05, 0) is 55.8 Å². The molecular formula is C24H19Cl2N5OS. The second kappa shape index (κ2) is 9.94. The Morgan fingerprint density at radius 2 is 2.09 bits per heavy atom. The van der Waals surface area contributed by atoms with Gasteiger partial charge in [-0.3, -0.25) is 4.98 Å². The second-order valence-corrected chi connectivity index (χ2v) is 9.37. The highest BCUT2D eigenvalue weighted by Crippen LogP contribution is 2.33. The Kier molecular flexibility index (Phi) is 6.60. The lowest BCUT2D eigenvalue weighted by Crippen LogP contribution is -2.18. The minimum Gasteiger partial charge on any atom is -0.486 e. The van der Waals surface area contributed by atoms with Crippen LogP contribution in [-0.2, 0) is 6.61 Å². The van der Waals surface area contributed by atoms with Gasteiger partial charge in [-0.25, -0.2) is 9.97 Å². The van der Waals surface area contributed by atoms with Gasteiger partial charge in [-0.15, -0.1) is 11.3 Å². The van der Waals surface area contributed by atoms with Crippen molar-refractivity contribution in [3.63, 3.8) is 0 Å². The molecule has 5 rings (SSSR count). The third-order valence-corrected chi connectivity index (χ3v) is 6.60. The molecule has 1 saturated heterocycles. The summed E-state index contributed by atoms with van der Waals surface area (Å²) < 4.78 is 5.80. The molecule has 166 valence electrons. The molecule has 1 atom stereocenters. The van der Waals surface area contributed by atoms with Gasteiger partial charge in [0.15, 0.2) is 0 Å². The average Bonchev–Trinajstić information content (AvgIpc) is 3.47. The molecule has 0 aliphatic carbocycles. The number of fused-ring (bicyclic) bond motifs is 1. The van der Waals surface area contributed by atoms with E-state index >= 15 is 0 Å². The minimum atomic E-state index is 0.273. The monoisotopic (exact) mass is 495 g/mol. The first-order chi connectivity index (χ1) is 16.1. The van der Waals surface area contributed by atoms with E-state index in [4.69, 9.17) is 27.9 Å². The van der Waals surface area contributed by atoms with E-state index < -0.39 is 0 Å². The molecule has 2 N–H and O–H groups in total. The number of nitrogens with zero attached hydrogens (tertiary/aromatic N) is 3. The molecule has 1 aromatic carbocycles. The van der Waals surface area contributed by atoms with Gasteiger partial charge in [0.1, 0.15) is 29.3 Å². The average molecular weight is 496 g/mol. The maximum Gasteiger partial charge on any atom is 0.142 e. The minimum absolute atomic E-state index is 0.273. The molecule has 0 spiro atoms. The third kappa shape index (κ3) is 5.37. The summed E-state index contributed by atoms with van der Waals surface area (Å²) in [5.41, 5.74) is 1.52. The highest BCUT2D eigenvalue weighted by Gasteiger charge is 2.12. The van der Waals surface area contributed by atoms with Gasteiger partial charge in [0.2, 0.25) is 0 Å². The highest BCUT2D eigenvalue weighted by atomic mass is 35.5. The molecule has 0 unspecified atom stereocenters. The van der Waals surface area contributed by atoms with Gasteiger partial charge in [0, 0.05) is 16.9 Å². The van der Waals surface area contributed by atoms with E-state index in [0.29, 0.717) is 21.6 Å². The first-order valence-corrected chi connectivity index (χ1v) is 12.0. The van der Waals surface area contributed by atoms with Crippen molar-refractivity contribution in [2.75, 3.05) is 11.9 Å². The fourth-order valence-corrected chi connectivity index (χ4v) is 4.77. The number of anilines is 2. The Labute approximate surface area is 205 Å². The first kappa shape index (κ1) is 21.9. The van der Waals surface area contributed by atoms with Crippen molar-refractivity contribution in [3.05, 3.63) is 69.5 Å². The van der Waals surface area contributed by atoms with Crippen LogP contribution in [0.25, 0.3) is 10.2 Å². The Morgan fingerprint density at radius 3 is 2.91 bits per heavy atom. The Hall–Kier alpha value is -2.89. The molecule has 1 fully saturated rings. The van der Waals surface area contributed by atoms with Crippen LogP contribution >= 0.6 is 34.5 Å². The zero-order valence-electron chi connectivity index (χ0n) is 17.4. The molecule has 0 amide bonds. The van der Waals surface area contributed by atoms with Crippen LogP contribution in [0.3, 0.4) is 0 Å². The number of nitrogens with one attached hydrogen (secondary N) is 2. The standard InChI is InChI=1S/C24H19Cl2N5OS/c25-15-7-9-28-18(10-15)13-32-22-6-4-17(11-21(22)26)31-23-20-12-19(33-24(20)30-14-29-23)5-3-16-2-1-8-27-16/h4,6-7,9-12,14,16,27H,1-2,8,13H2,(H,29,30,31)/t16-/m1/s1. The van der Waals surface area contributed by atoms with Crippen LogP contribution in [0.2, 0.25) is 10.0 Å². The quantitative estimate of drug-likeness (QED) is 0.340. The van der Waals surface area contributed by atoms with Gasteiger partial charge >= 0.3 is 0 Å².